The molecule has 0 unspecified atom stereocenters. The summed E-state index contributed by atoms with van der Waals surface area (Å²) in [5.41, 5.74) is 4.91. The first kappa shape index (κ1) is 19.7. The second kappa shape index (κ2) is 9.73. The Labute approximate surface area is 174 Å². The van der Waals surface area contributed by atoms with E-state index in [1.165, 1.54) is 78.7 Å². The molecule has 4 rings (SSSR count). The van der Waals surface area contributed by atoms with Crippen LogP contribution in [0.1, 0.15) is 58.3 Å². The maximum atomic E-state index is 4.55. The van der Waals surface area contributed by atoms with E-state index in [1.54, 1.807) is 0 Å². The van der Waals surface area contributed by atoms with Gasteiger partial charge < -0.3 is 4.57 Å². The van der Waals surface area contributed by atoms with Gasteiger partial charge in [-0.1, -0.05) is 88.3 Å². The van der Waals surface area contributed by atoms with Gasteiger partial charge in [0.25, 0.3) is 0 Å². The quantitative estimate of drug-likeness (QED) is 0.253. The van der Waals surface area contributed by atoms with E-state index in [9.17, 15) is 0 Å². The molecule has 2 heterocycles. The topological polar surface area (TPSA) is 17.8 Å². The number of rotatable bonds is 10. The van der Waals surface area contributed by atoms with Crippen molar-refractivity contribution in [3.8, 4) is 11.3 Å². The van der Waals surface area contributed by atoms with Crippen molar-refractivity contribution < 1.29 is 0 Å². The summed E-state index contributed by atoms with van der Waals surface area (Å²) in [4.78, 5) is 4.55. The Morgan fingerprint density at radius 3 is 2.21 bits per heavy atom. The van der Waals surface area contributed by atoms with E-state index in [2.05, 4.69) is 71.1 Å². The molecule has 0 aliphatic carbocycles. The van der Waals surface area contributed by atoms with Crippen LogP contribution in [-0.4, -0.2) is 9.55 Å². The van der Waals surface area contributed by atoms with Crippen molar-refractivity contribution >= 4 is 21.8 Å². The fourth-order valence-corrected chi connectivity index (χ4v) is 4.39. The van der Waals surface area contributed by atoms with Gasteiger partial charge in [0.1, 0.15) is 0 Å². The molecule has 0 aliphatic heterocycles. The molecule has 2 aromatic carbocycles. The van der Waals surface area contributed by atoms with Crippen LogP contribution < -0.4 is 0 Å². The number of para-hydroxylation sites is 1. The Morgan fingerprint density at radius 1 is 0.690 bits per heavy atom. The Hall–Kier alpha value is -2.61. The minimum Gasteiger partial charge on any atom is -0.340 e. The number of fused-ring (bicyclic) bond motifs is 3. The van der Waals surface area contributed by atoms with Crippen molar-refractivity contribution in [2.75, 3.05) is 0 Å². The molecule has 0 atom stereocenters. The molecule has 0 saturated heterocycles. The molecular formula is C27H32N2. The highest BCUT2D eigenvalue weighted by Crippen LogP contribution is 2.32. The minimum absolute atomic E-state index is 1.04. The molecule has 0 radical (unpaired) electrons. The fraction of sp³-hybridized carbons (Fsp3) is 0.370. The predicted octanol–water partition coefficient (Wildman–Crippen LogP) is 8.00. The fourth-order valence-electron chi connectivity index (χ4n) is 4.39. The average Bonchev–Trinajstić information content (AvgIpc) is 3.09. The van der Waals surface area contributed by atoms with Gasteiger partial charge in [-0.3, -0.25) is 4.98 Å². The molecular weight excluding hydrogens is 352 g/mol. The minimum atomic E-state index is 1.04. The van der Waals surface area contributed by atoms with E-state index >= 15 is 0 Å². The first-order valence-electron chi connectivity index (χ1n) is 11.3. The van der Waals surface area contributed by atoms with Gasteiger partial charge in [0.2, 0.25) is 0 Å². The average molecular weight is 385 g/mol. The number of hydrogen-bond acceptors (Lipinski definition) is 1. The molecule has 0 N–H and O–H groups in total. The summed E-state index contributed by atoms with van der Waals surface area (Å²) >= 11 is 0. The van der Waals surface area contributed by atoms with Gasteiger partial charge in [-0.05, 0) is 30.7 Å². The molecule has 29 heavy (non-hydrogen) atoms. The van der Waals surface area contributed by atoms with Crippen LogP contribution in [0.3, 0.4) is 0 Å². The van der Waals surface area contributed by atoms with E-state index in [1.807, 2.05) is 12.3 Å². The van der Waals surface area contributed by atoms with E-state index < -0.39 is 0 Å². The Bertz CT molecular complexity index is 1050. The smallest absolute Gasteiger partial charge is 0.0702 e. The third-order valence-electron chi connectivity index (χ3n) is 5.97. The van der Waals surface area contributed by atoms with Crippen molar-refractivity contribution in [1.82, 2.24) is 9.55 Å². The maximum Gasteiger partial charge on any atom is 0.0702 e. The Morgan fingerprint density at radius 2 is 1.41 bits per heavy atom. The standard InChI is InChI=1S/C27H32N2/c1-2-3-4-5-6-7-8-13-20-29-26-16-10-9-14-23(26)24-18-17-22(21-27(24)29)25-15-11-12-19-28-25/h9-12,14-19,21H,2-8,13,20H2,1H3. The number of nitrogens with zero attached hydrogens (tertiary/aromatic N) is 2. The number of unbranched alkanes of at least 4 members (excludes halogenated alkanes) is 7. The Kier molecular flexibility index (Phi) is 6.61. The molecule has 2 heteroatoms. The monoisotopic (exact) mass is 384 g/mol. The van der Waals surface area contributed by atoms with Crippen LogP contribution in [0.2, 0.25) is 0 Å². The van der Waals surface area contributed by atoms with E-state index in [0.717, 1.165) is 12.2 Å². The highest BCUT2D eigenvalue weighted by Gasteiger charge is 2.11. The van der Waals surface area contributed by atoms with Gasteiger partial charge in [0, 0.05) is 40.1 Å². The number of benzene rings is 2. The lowest BCUT2D eigenvalue weighted by Gasteiger charge is -2.09. The molecule has 150 valence electrons. The molecule has 2 nitrogen and oxygen atoms in total. The normalized spacial score (nSPS) is 11.5. The number of aryl methyl sites for hydroxylation is 1. The van der Waals surface area contributed by atoms with Crippen molar-refractivity contribution in [2.24, 2.45) is 0 Å². The first-order valence-corrected chi connectivity index (χ1v) is 11.3. The maximum absolute atomic E-state index is 4.55. The van der Waals surface area contributed by atoms with Crippen LogP contribution >= 0.6 is 0 Å². The van der Waals surface area contributed by atoms with Gasteiger partial charge >= 0.3 is 0 Å². The molecule has 0 aliphatic rings. The highest BCUT2D eigenvalue weighted by atomic mass is 15.0. The number of hydrogen-bond donors (Lipinski definition) is 0. The number of pyridine rings is 1. The summed E-state index contributed by atoms with van der Waals surface area (Å²) < 4.78 is 2.52. The van der Waals surface area contributed by atoms with Crippen molar-refractivity contribution in [1.29, 1.82) is 0 Å². The van der Waals surface area contributed by atoms with Crippen LogP contribution in [0.5, 0.6) is 0 Å². The second-order valence-electron chi connectivity index (χ2n) is 8.09. The zero-order chi connectivity index (χ0) is 19.9. The molecule has 0 amide bonds. The van der Waals surface area contributed by atoms with Gasteiger partial charge in [0.05, 0.1) is 5.69 Å². The van der Waals surface area contributed by atoms with E-state index in [-0.39, 0.29) is 0 Å². The molecule has 0 spiro atoms. The van der Waals surface area contributed by atoms with Gasteiger partial charge in [0.15, 0.2) is 0 Å². The number of aromatic nitrogens is 2. The highest BCUT2D eigenvalue weighted by molar-refractivity contribution is 6.08. The van der Waals surface area contributed by atoms with Gasteiger partial charge in [-0.2, -0.15) is 0 Å². The summed E-state index contributed by atoms with van der Waals surface area (Å²) in [5, 5.41) is 2.70. The largest absolute Gasteiger partial charge is 0.340 e. The van der Waals surface area contributed by atoms with Crippen LogP contribution in [0.25, 0.3) is 33.1 Å². The van der Waals surface area contributed by atoms with Gasteiger partial charge in [-0.25, -0.2) is 0 Å². The summed E-state index contributed by atoms with van der Waals surface area (Å²) in [6.07, 6.45) is 12.7. The Balaban J connectivity index is 1.54. The molecule has 0 bridgehead atoms. The van der Waals surface area contributed by atoms with E-state index in [4.69, 9.17) is 0 Å². The lowest BCUT2D eigenvalue weighted by atomic mass is 10.1. The molecule has 0 fully saturated rings. The third-order valence-corrected chi connectivity index (χ3v) is 5.97. The van der Waals surface area contributed by atoms with Crippen LogP contribution in [0, 0.1) is 0 Å². The zero-order valence-corrected chi connectivity index (χ0v) is 17.6. The predicted molar refractivity (Wildman–Crippen MR) is 125 cm³/mol. The summed E-state index contributed by atoms with van der Waals surface area (Å²) in [5.74, 6) is 0. The van der Waals surface area contributed by atoms with Crippen LogP contribution in [0.15, 0.2) is 66.9 Å². The lowest BCUT2D eigenvalue weighted by molar-refractivity contribution is 0.553. The summed E-state index contributed by atoms with van der Waals surface area (Å²) in [6.45, 7) is 3.37. The molecule has 4 aromatic rings. The zero-order valence-electron chi connectivity index (χ0n) is 17.6. The van der Waals surface area contributed by atoms with E-state index in [0.29, 0.717) is 0 Å². The third kappa shape index (κ3) is 4.53. The van der Waals surface area contributed by atoms with Crippen LogP contribution in [-0.2, 0) is 6.54 Å². The molecule has 0 saturated carbocycles. The lowest BCUT2D eigenvalue weighted by Crippen LogP contribution is -1.98. The summed E-state index contributed by atoms with van der Waals surface area (Å²) in [7, 11) is 0. The van der Waals surface area contributed by atoms with Gasteiger partial charge in [-0.15, -0.1) is 0 Å². The SMILES string of the molecule is CCCCCCCCCCn1c2ccccc2c2ccc(-c3ccccn3)cc21. The summed E-state index contributed by atoms with van der Waals surface area (Å²) in [6, 6.07) is 21.7. The van der Waals surface area contributed by atoms with Crippen molar-refractivity contribution in [3.63, 3.8) is 0 Å². The second-order valence-corrected chi connectivity index (χ2v) is 8.09. The molecule has 2 aromatic heterocycles. The first-order chi connectivity index (χ1) is 14.4. The van der Waals surface area contributed by atoms with Crippen LogP contribution in [0.4, 0.5) is 0 Å². The van der Waals surface area contributed by atoms with Crippen molar-refractivity contribution in [3.05, 3.63) is 66.9 Å². The van der Waals surface area contributed by atoms with Crippen molar-refractivity contribution in [2.45, 2.75) is 64.8 Å².